The van der Waals surface area contributed by atoms with Crippen molar-refractivity contribution < 1.29 is 5.11 Å². The predicted molar refractivity (Wildman–Crippen MR) is 79.1 cm³/mol. The highest BCUT2D eigenvalue weighted by Crippen LogP contribution is 2.38. The molecule has 0 aliphatic heterocycles. The zero-order valence-corrected chi connectivity index (χ0v) is 12.6. The molecular weight excluding hydrogens is 344 g/mol. The Kier molecular flexibility index (Phi) is 4.23. The summed E-state index contributed by atoms with van der Waals surface area (Å²) in [4.78, 5) is 0. The summed E-state index contributed by atoms with van der Waals surface area (Å²) in [6, 6.07) is 6.29. The second-order valence-corrected chi connectivity index (χ2v) is 5.89. The highest BCUT2D eigenvalue weighted by atomic mass is 79.9. The smallest absolute Gasteiger partial charge is 0.0798 e. The van der Waals surface area contributed by atoms with Crippen LogP contribution in [0, 0.1) is 0 Å². The first-order chi connectivity index (χ1) is 8.13. The molecule has 2 rings (SSSR count). The minimum Gasteiger partial charge on any atom is -0.388 e. The van der Waals surface area contributed by atoms with Crippen LogP contribution < -0.4 is 0 Å². The van der Waals surface area contributed by atoms with Gasteiger partial charge in [-0.1, -0.05) is 44.0 Å². The summed E-state index contributed by atoms with van der Waals surface area (Å²) in [5.41, 5.74) is 3.59. The van der Waals surface area contributed by atoms with Crippen LogP contribution in [-0.2, 0) is 6.42 Å². The molecule has 1 nitrogen and oxygen atoms in total. The highest BCUT2D eigenvalue weighted by Gasteiger charge is 2.21. The Morgan fingerprint density at radius 1 is 1.35 bits per heavy atom. The van der Waals surface area contributed by atoms with Crippen LogP contribution in [0.3, 0.4) is 0 Å². The third-order valence-corrected chi connectivity index (χ3v) is 4.48. The zero-order chi connectivity index (χ0) is 12.4. The summed E-state index contributed by atoms with van der Waals surface area (Å²) in [5.74, 6) is 0. The van der Waals surface area contributed by atoms with Gasteiger partial charge in [0.1, 0.15) is 0 Å². The van der Waals surface area contributed by atoms with E-state index in [4.69, 9.17) is 0 Å². The van der Waals surface area contributed by atoms with E-state index in [1.165, 1.54) is 11.1 Å². The van der Waals surface area contributed by atoms with Gasteiger partial charge in [-0.2, -0.15) is 0 Å². The number of rotatable bonds is 3. The number of aliphatic hydroxyl groups is 1. The Labute approximate surface area is 118 Å². The van der Waals surface area contributed by atoms with Gasteiger partial charge in [0, 0.05) is 8.96 Å². The van der Waals surface area contributed by atoms with E-state index in [9.17, 15) is 5.11 Å². The molecule has 90 valence electrons. The summed E-state index contributed by atoms with van der Waals surface area (Å²) in [5, 5.41) is 10.1. The Bertz CT molecular complexity index is 477. The third kappa shape index (κ3) is 2.72. The Morgan fingerprint density at radius 3 is 2.82 bits per heavy atom. The summed E-state index contributed by atoms with van der Waals surface area (Å²) in [6.07, 6.45) is 3.84. The quantitative estimate of drug-likeness (QED) is 0.793. The van der Waals surface area contributed by atoms with Gasteiger partial charge in [-0.05, 0) is 48.1 Å². The van der Waals surface area contributed by atoms with Gasteiger partial charge < -0.3 is 5.11 Å². The van der Waals surface area contributed by atoms with Crippen LogP contribution in [0.4, 0.5) is 0 Å². The molecule has 17 heavy (non-hydrogen) atoms. The van der Waals surface area contributed by atoms with Crippen molar-refractivity contribution in [3.8, 4) is 0 Å². The standard InChI is InChI=1S/C14H14Br2O/c1-2-3-13(17)11-7-5-9-4-6-10(15)8-12(9)14(11)16/h2,4,6,8,13,17H,1,3,5,7H2. The van der Waals surface area contributed by atoms with Gasteiger partial charge in [0.05, 0.1) is 6.10 Å². The molecule has 1 atom stereocenters. The van der Waals surface area contributed by atoms with E-state index in [2.05, 4.69) is 56.6 Å². The van der Waals surface area contributed by atoms with E-state index < -0.39 is 6.10 Å². The summed E-state index contributed by atoms with van der Waals surface area (Å²) < 4.78 is 2.10. The molecule has 1 aromatic rings. The van der Waals surface area contributed by atoms with E-state index in [0.29, 0.717) is 6.42 Å². The van der Waals surface area contributed by atoms with Gasteiger partial charge in [0.15, 0.2) is 0 Å². The Morgan fingerprint density at radius 2 is 2.12 bits per heavy atom. The monoisotopic (exact) mass is 356 g/mol. The lowest BCUT2D eigenvalue weighted by Crippen LogP contribution is -2.14. The van der Waals surface area contributed by atoms with Gasteiger partial charge in [-0.3, -0.25) is 0 Å². The Balaban J connectivity index is 2.42. The minimum atomic E-state index is -0.422. The lowest BCUT2D eigenvalue weighted by atomic mass is 9.89. The molecule has 1 aliphatic carbocycles. The van der Waals surface area contributed by atoms with E-state index in [-0.39, 0.29) is 0 Å². The number of aliphatic hydroxyl groups excluding tert-OH is 1. The minimum absolute atomic E-state index is 0.422. The molecule has 1 unspecified atom stereocenters. The second-order valence-electron chi connectivity index (χ2n) is 4.18. The molecule has 0 spiro atoms. The van der Waals surface area contributed by atoms with Crippen molar-refractivity contribution in [3.63, 3.8) is 0 Å². The number of fused-ring (bicyclic) bond motifs is 1. The summed E-state index contributed by atoms with van der Waals surface area (Å²) >= 11 is 7.11. The maximum absolute atomic E-state index is 10.1. The van der Waals surface area contributed by atoms with Gasteiger partial charge in [0.2, 0.25) is 0 Å². The first kappa shape index (κ1) is 13.1. The molecule has 1 aliphatic rings. The molecule has 1 aromatic carbocycles. The average Bonchev–Trinajstić information content (AvgIpc) is 2.30. The zero-order valence-electron chi connectivity index (χ0n) is 9.42. The Hall–Kier alpha value is -0.380. The molecule has 0 amide bonds. The van der Waals surface area contributed by atoms with Crippen molar-refractivity contribution in [1.82, 2.24) is 0 Å². The fourth-order valence-electron chi connectivity index (χ4n) is 2.14. The van der Waals surface area contributed by atoms with Crippen LogP contribution in [0.5, 0.6) is 0 Å². The molecule has 0 fully saturated rings. The van der Waals surface area contributed by atoms with E-state index >= 15 is 0 Å². The van der Waals surface area contributed by atoms with Crippen LogP contribution in [-0.4, -0.2) is 11.2 Å². The molecule has 0 heterocycles. The topological polar surface area (TPSA) is 20.2 Å². The molecular formula is C14H14Br2O. The second kappa shape index (κ2) is 5.51. The van der Waals surface area contributed by atoms with Crippen molar-refractivity contribution in [3.05, 3.63) is 52.0 Å². The summed E-state index contributed by atoms with van der Waals surface area (Å²) in [7, 11) is 0. The van der Waals surface area contributed by atoms with E-state index in [0.717, 1.165) is 27.4 Å². The number of hydrogen-bond acceptors (Lipinski definition) is 1. The lowest BCUT2D eigenvalue weighted by Gasteiger charge is -2.23. The maximum Gasteiger partial charge on any atom is 0.0798 e. The van der Waals surface area contributed by atoms with Crippen molar-refractivity contribution in [1.29, 1.82) is 0 Å². The molecule has 0 saturated carbocycles. The maximum atomic E-state index is 10.1. The first-order valence-electron chi connectivity index (χ1n) is 5.59. The molecule has 1 N–H and O–H groups in total. The summed E-state index contributed by atoms with van der Waals surface area (Å²) in [6.45, 7) is 3.67. The van der Waals surface area contributed by atoms with Crippen LogP contribution in [0.2, 0.25) is 0 Å². The SMILES string of the molecule is C=CCC(O)C1=C(Br)c2cc(Br)ccc2CC1. The predicted octanol–water partition coefficient (Wildman–Crippen LogP) is 4.44. The van der Waals surface area contributed by atoms with Crippen molar-refractivity contribution in [2.75, 3.05) is 0 Å². The van der Waals surface area contributed by atoms with Crippen LogP contribution in [0.15, 0.2) is 40.9 Å². The number of hydrogen-bond donors (Lipinski definition) is 1. The average molecular weight is 358 g/mol. The lowest BCUT2D eigenvalue weighted by molar-refractivity contribution is 0.211. The molecule has 0 aromatic heterocycles. The molecule has 0 radical (unpaired) electrons. The van der Waals surface area contributed by atoms with Gasteiger partial charge in [-0.15, -0.1) is 6.58 Å². The van der Waals surface area contributed by atoms with Crippen molar-refractivity contribution in [2.24, 2.45) is 0 Å². The van der Waals surface area contributed by atoms with Crippen LogP contribution in [0.1, 0.15) is 24.0 Å². The normalized spacial score (nSPS) is 16.6. The van der Waals surface area contributed by atoms with Gasteiger partial charge >= 0.3 is 0 Å². The fraction of sp³-hybridized carbons (Fsp3) is 0.286. The van der Waals surface area contributed by atoms with E-state index in [1.807, 2.05) is 0 Å². The first-order valence-corrected chi connectivity index (χ1v) is 7.18. The molecule has 3 heteroatoms. The van der Waals surface area contributed by atoms with Crippen molar-refractivity contribution >= 4 is 36.3 Å². The van der Waals surface area contributed by atoms with Crippen LogP contribution in [0.25, 0.3) is 4.48 Å². The number of halogens is 2. The number of aryl methyl sites for hydroxylation is 1. The van der Waals surface area contributed by atoms with E-state index in [1.54, 1.807) is 6.08 Å². The fourth-order valence-corrected chi connectivity index (χ4v) is 3.33. The highest BCUT2D eigenvalue weighted by molar-refractivity contribution is 9.15. The molecule has 0 saturated heterocycles. The van der Waals surface area contributed by atoms with Crippen molar-refractivity contribution in [2.45, 2.75) is 25.4 Å². The third-order valence-electron chi connectivity index (χ3n) is 3.05. The van der Waals surface area contributed by atoms with Gasteiger partial charge in [-0.25, -0.2) is 0 Å². The van der Waals surface area contributed by atoms with Crippen LogP contribution >= 0.6 is 31.9 Å². The van der Waals surface area contributed by atoms with Gasteiger partial charge in [0.25, 0.3) is 0 Å². The number of benzene rings is 1. The molecule has 0 bridgehead atoms. The largest absolute Gasteiger partial charge is 0.388 e.